The van der Waals surface area contributed by atoms with Crippen molar-refractivity contribution in [1.29, 1.82) is 0 Å². The number of carbonyl (C=O) groups is 1. The van der Waals surface area contributed by atoms with Crippen LogP contribution in [0.4, 0.5) is 0 Å². The van der Waals surface area contributed by atoms with Crippen LogP contribution in [-0.2, 0) is 9.53 Å². The highest BCUT2D eigenvalue weighted by atomic mass is 16.5. The number of carboxylic acids is 1. The molecule has 0 radical (unpaired) electrons. The summed E-state index contributed by atoms with van der Waals surface area (Å²) in [6.07, 6.45) is 7.31. The summed E-state index contributed by atoms with van der Waals surface area (Å²) >= 11 is 0. The van der Waals surface area contributed by atoms with E-state index in [4.69, 9.17) is 9.84 Å². The molecule has 2 aliphatic rings. The predicted octanol–water partition coefficient (Wildman–Crippen LogP) is 1.15. The maximum atomic E-state index is 10.8. The van der Waals surface area contributed by atoms with Crippen molar-refractivity contribution in [2.24, 2.45) is 0 Å². The van der Waals surface area contributed by atoms with Crippen molar-refractivity contribution in [1.82, 2.24) is 5.32 Å². The van der Waals surface area contributed by atoms with E-state index in [0.717, 1.165) is 12.8 Å². The molecule has 4 nitrogen and oxygen atoms in total. The summed E-state index contributed by atoms with van der Waals surface area (Å²) in [5.74, 6) is -0.796. The molecule has 0 amide bonds. The fraction of sp³-hybridized carbons (Fsp3) is 0.909. The number of morpholine rings is 1. The Hall–Kier alpha value is -0.610. The lowest BCUT2D eigenvalue weighted by atomic mass is 9.92. The Labute approximate surface area is 90.0 Å². The summed E-state index contributed by atoms with van der Waals surface area (Å²) in [6.45, 7) is 0.316. The Morgan fingerprint density at radius 2 is 1.93 bits per heavy atom. The maximum absolute atomic E-state index is 10.8. The second-order valence-electron chi connectivity index (χ2n) is 4.53. The second kappa shape index (κ2) is 4.94. The van der Waals surface area contributed by atoms with Crippen LogP contribution in [-0.4, -0.2) is 35.9 Å². The number of hydrogen-bond acceptors (Lipinski definition) is 3. The summed E-state index contributed by atoms with van der Waals surface area (Å²) < 4.78 is 5.65. The molecular formula is C11H19NO3. The van der Waals surface area contributed by atoms with E-state index in [1.807, 2.05) is 0 Å². The van der Waals surface area contributed by atoms with Crippen LogP contribution >= 0.6 is 0 Å². The van der Waals surface area contributed by atoms with Gasteiger partial charge in [-0.15, -0.1) is 0 Å². The van der Waals surface area contributed by atoms with E-state index >= 15 is 0 Å². The first-order valence-corrected chi connectivity index (χ1v) is 5.88. The molecule has 3 unspecified atom stereocenters. The lowest BCUT2D eigenvalue weighted by Gasteiger charge is -2.37. The van der Waals surface area contributed by atoms with Gasteiger partial charge in [-0.1, -0.05) is 25.7 Å². The largest absolute Gasteiger partial charge is 0.480 e. The van der Waals surface area contributed by atoms with E-state index in [2.05, 4.69) is 5.32 Å². The van der Waals surface area contributed by atoms with Crippen LogP contribution in [0.1, 0.15) is 38.5 Å². The maximum Gasteiger partial charge on any atom is 0.323 e. The average Bonchev–Trinajstić information content (AvgIpc) is 2.18. The average molecular weight is 213 g/mol. The highest BCUT2D eigenvalue weighted by Crippen LogP contribution is 2.23. The Kier molecular flexibility index (Phi) is 3.59. The summed E-state index contributed by atoms with van der Waals surface area (Å²) in [5, 5.41) is 12.1. The highest BCUT2D eigenvalue weighted by Gasteiger charge is 2.33. The van der Waals surface area contributed by atoms with Crippen LogP contribution in [0.3, 0.4) is 0 Å². The smallest absolute Gasteiger partial charge is 0.323 e. The number of fused-ring (bicyclic) bond motifs is 1. The first-order chi connectivity index (χ1) is 7.27. The van der Waals surface area contributed by atoms with Gasteiger partial charge < -0.3 is 9.84 Å². The van der Waals surface area contributed by atoms with Crippen LogP contribution in [0.25, 0.3) is 0 Å². The molecule has 3 atom stereocenters. The monoisotopic (exact) mass is 213 g/mol. The van der Waals surface area contributed by atoms with Gasteiger partial charge in [-0.25, -0.2) is 0 Å². The zero-order chi connectivity index (χ0) is 10.7. The summed E-state index contributed by atoms with van der Waals surface area (Å²) in [5.41, 5.74) is 0. The van der Waals surface area contributed by atoms with E-state index < -0.39 is 12.0 Å². The number of carboxylic acid groups (broad SMARTS) is 1. The van der Waals surface area contributed by atoms with Crippen LogP contribution < -0.4 is 5.32 Å². The quantitative estimate of drug-likeness (QED) is 0.686. The van der Waals surface area contributed by atoms with Gasteiger partial charge in [0, 0.05) is 6.04 Å². The minimum atomic E-state index is -0.796. The number of hydrogen-bond donors (Lipinski definition) is 2. The van der Waals surface area contributed by atoms with Gasteiger partial charge in [0.15, 0.2) is 0 Å². The summed E-state index contributed by atoms with van der Waals surface area (Å²) in [6, 6.07) is -0.258. The van der Waals surface area contributed by atoms with Gasteiger partial charge in [0.2, 0.25) is 0 Å². The molecule has 1 aliphatic carbocycles. The third kappa shape index (κ3) is 2.69. The minimum Gasteiger partial charge on any atom is -0.480 e. The van der Waals surface area contributed by atoms with Gasteiger partial charge in [0.25, 0.3) is 0 Å². The summed E-state index contributed by atoms with van der Waals surface area (Å²) in [7, 11) is 0. The molecule has 2 N–H and O–H groups in total. The van der Waals surface area contributed by atoms with Crippen molar-refractivity contribution >= 4 is 5.97 Å². The molecular weight excluding hydrogens is 194 g/mol. The molecule has 0 aromatic carbocycles. The molecule has 1 saturated carbocycles. The lowest BCUT2D eigenvalue weighted by Crippen LogP contribution is -2.57. The number of nitrogens with one attached hydrogen (secondary N) is 1. The van der Waals surface area contributed by atoms with Gasteiger partial charge in [-0.2, -0.15) is 0 Å². The van der Waals surface area contributed by atoms with Crippen molar-refractivity contribution in [3.63, 3.8) is 0 Å². The second-order valence-corrected chi connectivity index (χ2v) is 4.53. The van der Waals surface area contributed by atoms with E-state index in [1.165, 1.54) is 25.7 Å². The molecule has 0 spiro atoms. The zero-order valence-corrected chi connectivity index (χ0v) is 8.95. The van der Waals surface area contributed by atoms with Crippen molar-refractivity contribution in [3.05, 3.63) is 0 Å². The zero-order valence-electron chi connectivity index (χ0n) is 8.95. The lowest BCUT2D eigenvalue weighted by molar-refractivity contribution is -0.146. The van der Waals surface area contributed by atoms with E-state index in [-0.39, 0.29) is 12.1 Å². The fourth-order valence-electron chi connectivity index (χ4n) is 2.51. The minimum absolute atomic E-state index is 0.237. The van der Waals surface area contributed by atoms with Crippen LogP contribution in [0.5, 0.6) is 0 Å². The molecule has 2 fully saturated rings. The Morgan fingerprint density at radius 3 is 2.67 bits per heavy atom. The molecule has 0 aromatic rings. The van der Waals surface area contributed by atoms with E-state index in [0.29, 0.717) is 6.61 Å². The highest BCUT2D eigenvalue weighted by molar-refractivity contribution is 5.73. The van der Waals surface area contributed by atoms with Crippen LogP contribution in [0.2, 0.25) is 0 Å². The third-order valence-electron chi connectivity index (χ3n) is 3.39. The Morgan fingerprint density at radius 1 is 1.20 bits per heavy atom. The Bertz CT molecular complexity index is 232. The number of rotatable bonds is 1. The van der Waals surface area contributed by atoms with Crippen LogP contribution in [0, 0.1) is 0 Å². The van der Waals surface area contributed by atoms with E-state index in [9.17, 15) is 4.79 Å². The first-order valence-electron chi connectivity index (χ1n) is 5.88. The van der Waals surface area contributed by atoms with Gasteiger partial charge in [-0.3, -0.25) is 10.1 Å². The molecule has 1 aliphatic heterocycles. The van der Waals surface area contributed by atoms with E-state index in [1.54, 1.807) is 0 Å². The molecule has 0 aromatic heterocycles. The molecule has 1 heterocycles. The van der Waals surface area contributed by atoms with Gasteiger partial charge in [0.05, 0.1) is 12.7 Å². The van der Waals surface area contributed by atoms with Gasteiger partial charge >= 0.3 is 5.97 Å². The molecule has 86 valence electrons. The van der Waals surface area contributed by atoms with Crippen molar-refractivity contribution in [2.75, 3.05) is 6.61 Å². The van der Waals surface area contributed by atoms with Crippen LogP contribution in [0.15, 0.2) is 0 Å². The van der Waals surface area contributed by atoms with Gasteiger partial charge in [0.1, 0.15) is 6.04 Å². The molecule has 0 bridgehead atoms. The van der Waals surface area contributed by atoms with Gasteiger partial charge in [-0.05, 0) is 12.8 Å². The van der Waals surface area contributed by atoms with Crippen molar-refractivity contribution in [2.45, 2.75) is 56.7 Å². The molecule has 15 heavy (non-hydrogen) atoms. The van der Waals surface area contributed by atoms with Crippen molar-refractivity contribution < 1.29 is 14.6 Å². The molecule has 2 rings (SSSR count). The Balaban J connectivity index is 1.94. The summed E-state index contributed by atoms with van der Waals surface area (Å²) in [4.78, 5) is 10.8. The molecule has 1 saturated heterocycles. The number of aliphatic carboxylic acids is 1. The third-order valence-corrected chi connectivity index (χ3v) is 3.39. The number of ether oxygens (including phenoxy) is 1. The normalized spacial score (nSPS) is 37.5. The SMILES string of the molecule is O=C(O)C1COC2CCCCCCC2N1. The van der Waals surface area contributed by atoms with Crippen molar-refractivity contribution in [3.8, 4) is 0 Å². The molecule has 4 heteroatoms. The fourth-order valence-corrected chi connectivity index (χ4v) is 2.51. The standard InChI is InChI=1S/C11H19NO3/c13-11(14)9-7-15-10-6-4-2-1-3-5-8(10)12-9/h8-10,12H,1-7H2,(H,13,14). The predicted molar refractivity (Wildman–Crippen MR) is 55.8 cm³/mol. The first kappa shape index (κ1) is 10.9. The topological polar surface area (TPSA) is 58.6 Å².